The molecule has 3 rings (SSSR count). The summed E-state index contributed by atoms with van der Waals surface area (Å²) in [5, 5.41) is 3.62. The first kappa shape index (κ1) is 13.3. The van der Waals surface area contributed by atoms with Gasteiger partial charge in [-0.15, -0.1) is 0 Å². The number of nitrogens with one attached hydrogen (secondary N) is 1. The number of carbonyl (C=O) groups is 1. The van der Waals surface area contributed by atoms with E-state index >= 15 is 0 Å². The number of nitrogens with zero attached hydrogens (tertiary/aromatic N) is 3. The number of aryl methyl sites for hydroxylation is 2. The Kier molecular flexibility index (Phi) is 3.39. The van der Waals surface area contributed by atoms with Gasteiger partial charge in [0.15, 0.2) is 0 Å². The van der Waals surface area contributed by atoms with Crippen molar-refractivity contribution in [1.29, 1.82) is 0 Å². The third kappa shape index (κ3) is 2.27. The molecule has 1 N–H and O–H groups in total. The lowest BCUT2D eigenvalue weighted by Crippen LogP contribution is -1.98. The van der Waals surface area contributed by atoms with Gasteiger partial charge in [-0.05, 0) is 30.7 Å². The molecule has 0 spiro atoms. The van der Waals surface area contributed by atoms with Crippen molar-refractivity contribution in [3.05, 3.63) is 42.4 Å². The van der Waals surface area contributed by atoms with Crippen molar-refractivity contribution in [1.82, 2.24) is 14.5 Å². The monoisotopic (exact) mass is 280 g/mol. The number of fused-ring (bicyclic) bond motifs is 1. The Hall–Kier alpha value is -2.69. The highest BCUT2D eigenvalue weighted by atomic mass is 16.1. The molecule has 3 heterocycles. The minimum atomic E-state index is 0.552. The zero-order valence-corrected chi connectivity index (χ0v) is 12.0. The maximum atomic E-state index is 10.5. The third-order valence-electron chi connectivity index (χ3n) is 3.64. The molecule has 3 aromatic heterocycles. The second-order valence-electron chi connectivity index (χ2n) is 4.83. The molecule has 0 aliphatic rings. The summed E-state index contributed by atoms with van der Waals surface area (Å²) in [6.45, 7) is 2.10. The first-order valence-corrected chi connectivity index (χ1v) is 6.84. The zero-order chi connectivity index (χ0) is 14.8. The van der Waals surface area contributed by atoms with Gasteiger partial charge in [0.25, 0.3) is 0 Å². The Morgan fingerprint density at radius 2 is 2.19 bits per heavy atom. The lowest BCUT2D eigenvalue weighted by atomic mass is 10.1. The molecule has 106 valence electrons. The Morgan fingerprint density at radius 1 is 1.33 bits per heavy atom. The number of hydrogen-bond acceptors (Lipinski definition) is 3. The van der Waals surface area contributed by atoms with E-state index in [4.69, 9.17) is 0 Å². The van der Waals surface area contributed by atoms with E-state index in [1.54, 1.807) is 6.20 Å². The average Bonchev–Trinajstić information content (AvgIpc) is 2.84. The Morgan fingerprint density at radius 3 is 2.95 bits per heavy atom. The van der Waals surface area contributed by atoms with E-state index < -0.39 is 0 Å². The highest BCUT2D eigenvalue weighted by molar-refractivity contribution is 5.89. The summed E-state index contributed by atoms with van der Waals surface area (Å²) in [6, 6.07) is 8.00. The molecule has 0 saturated heterocycles. The number of amides is 1. The summed E-state index contributed by atoms with van der Waals surface area (Å²) in [5.41, 5.74) is 4.32. The number of hydrogen-bond donors (Lipinski definition) is 1. The minimum Gasteiger partial charge on any atom is -0.342 e. The summed E-state index contributed by atoms with van der Waals surface area (Å²) in [5.74, 6) is 0.552. The number of pyridine rings is 2. The molecular weight excluding hydrogens is 264 g/mol. The van der Waals surface area contributed by atoms with E-state index in [1.165, 1.54) is 0 Å². The van der Waals surface area contributed by atoms with Crippen LogP contribution in [0.15, 0.2) is 36.7 Å². The van der Waals surface area contributed by atoms with Crippen LogP contribution in [-0.2, 0) is 18.3 Å². The summed E-state index contributed by atoms with van der Waals surface area (Å²) >= 11 is 0. The topological polar surface area (TPSA) is 59.8 Å². The maximum absolute atomic E-state index is 10.5. The Bertz CT molecular complexity index is 807. The van der Waals surface area contributed by atoms with Crippen molar-refractivity contribution < 1.29 is 4.79 Å². The fourth-order valence-electron chi connectivity index (χ4n) is 2.58. The predicted molar refractivity (Wildman–Crippen MR) is 83.0 cm³/mol. The van der Waals surface area contributed by atoms with E-state index in [9.17, 15) is 4.79 Å². The van der Waals surface area contributed by atoms with Crippen LogP contribution < -0.4 is 5.32 Å². The van der Waals surface area contributed by atoms with E-state index in [-0.39, 0.29) is 0 Å². The van der Waals surface area contributed by atoms with E-state index in [0.717, 1.165) is 34.3 Å². The van der Waals surface area contributed by atoms with Crippen LogP contribution >= 0.6 is 0 Å². The maximum Gasteiger partial charge on any atom is 0.212 e. The fourth-order valence-corrected chi connectivity index (χ4v) is 2.58. The summed E-state index contributed by atoms with van der Waals surface area (Å²) in [4.78, 5) is 19.2. The first-order valence-electron chi connectivity index (χ1n) is 6.84. The number of rotatable bonds is 4. The quantitative estimate of drug-likeness (QED) is 0.748. The average molecular weight is 280 g/mol. The van der Waals surface area contributed by atoms with Gasteiger partial charge in [0.1, 0.15) is 5.82 Å². The molecule has 0 bridgehead atoms. The first-order chi connectivity index (χ1) is 10.2. The second-order valence-corrected chi connectivity index (χ2v) is 4.83. The number of carbonyl (C=O) groups excluding carboxylic acids is 1. The Labute approximate surface area is 122 Å². The molecule has 0 radical (unpaired) electrons. The van der Waals surface area contributed by atoms with Crippen LogP contribution in [-0.4, -0.2) is 20.9 Å². The lowest BCUT2D eigenvalue weighted by Gasteiger charge is -2.08. The standard InChI is InChI=1S/C16H16N4O/c1-3-13-12(5-4-6-17-13)14-7-11-8-16(19-10-21)18-9-15(11)20(14)2/h4-10H,3H2,1-2H3,(H,18,19,21). The van der Waals surface area contributed by atoms with Gasteiger partial charge < -0.3 is 9.88 Å². The second kappa shape index (κ2) is 5.36. The molecule has 0 fully saturated rings. The molecule has 5 nitrogen and oxygen atoms in total. The van der Waals surface area contributed by atoms with Crippen LogP contribution in [0.25, 0.3) is 22.2 Å². The van der Waals surface area contributed by atoms with Crippen molar-refractivity contribution in [3.8, 4) is 11.3 Å². The van der Waals surface area contributed by atoms with Gasteiger partial charge in [-0.25, -0.2) is 4.98 Å². The smallest absolute Gasteiger partial charge is 0.212 e. The zero-order valence-electron chi connectivity index (χ0n) is 12.0. The van der Waals surface area contributed by atoms with Crippen molar-refractivity contribution in [2.75, 3.05) is 5.32 Å². The van der Waals surface area contributed by atoms with Crippen LogP contribution in [0.1, 0.15) is 12.6 Å². The van der Waals surface area contributed by atoms with Gasteiger partial charge in [0.05, 0.1) is 17.4 Å². The molecule has 21 heavy (non-hydrogen) atoms. The molecule has 5 heteroatoms. The lowest BCUT2D eigenvalue weighted by molar-refractivity contribution is -0.105. The van der Waals surface area contributed by atoms with Gasteiger partial charge in [-0.2, -0.15) is 0 Å². The van der Waals surface area contributed by atoms with Crippen LogP contribution in [0.4, 0.5) is 5.82 Å². The van der Waals surface area contributed by atoms with Crippen LogP contribution in [0.2, 0.25) is 0 Å². The minimum absolute atomic E-state index is 0.552. The van der Waals surface area contributed by atoms with Crippen molar-refractivity contribution in [2.45, 2.75) is 13.3 Å². The Balaban J connectivity index is 2.19. The summed E-state index contributed by atoms with van der Waals surface area (Å²) in [7, 11) is 2.01. The predicted octanol–water partition coefficient (Wildman–Crippen LogP) is 2.77. The fraction of sp³-hybridized carbons (Fsp3) is 0.188. The molecule has 0 aliphatic carbocycles. The number of aromatic nitrogens is 3. The molecule has 0 unspecified atom stereocenters. The van der Waals surface area contributed by atoms with E-state index in [0.29, 0.717) is 12.2 Å². The number of anilines is 1. The van der Waals surface area contributed by atoms with Gasteiger partial charge in [-0.1, -0.05) is 6.92 Å². The molecule has 1 amide bonds. The molecule has 0 aliphatic heterocycles. The summed E-state index contributed by atoms with van der Waals surface area (Å²) < 4.78 is 2.10. The van der Waals surface area contributed by atoms with Gasteiger partial charge >= 0.3 is 0 Å². The van der Waals surface area contributed by atoms with Crippen LogP contribution in [0.5, 0.6) is 0 Å². The van der Waals surface area contributed by atoms with Gasteiger partial charge in [-0.3, -0.25) is 9.78 Å². The SMILES string of the molecule is CCc1ncccc1-c1cc2cc(NC=O)ncc2n1C. The molecular formula is C16H16N4O. The normalized spacial score (nSPS) is 10.8. The van der Waals surface area contributed by atoms with E-state index in [2.05, 4.69) is 38.9 Å². The molecule has 0 saturated carbocycles. The highest BCUT2D eigenvalue weighted by Gasteiger charge is 2.12. The third-order valence-corrected chi connectivity index (χ3v) is 3.64. The molecule has 0 atom stereocenters. The largest absolute Gasteiger partial charge is 0.342 e. The van der Waals surface area contributed by atoms with Gasteiger partial charge in [0.2, 0.25) is 6.41 Å². The van der Waals surface area contributed by atoms with Crippen molar-refractivity contribution in [2.24, 2.45) is 7.05 Å². The van der Waals surface area contributed by atoms with Crippen LogP contribution in [0, 0.1) is 0 Å². The van der Waals surface area contributed by atoms with Crippen LogP contribution in [0.3, 0.4) is 0 Å². The van der Waals surface area contributed by atoms with E-state index in [1.807, 2.05) is 25.4 Å². The summed E-state index contributed by atoms with van der Waals surface area (Å²) in [6.07, 6.45) is 5.10. The van der Waals surface area contributed by atoms with Crippen molar-refractivity contribution >= 4 is 23.1 Å². The van der Waals surface area contributed by atoms with Crippen molar-refractivity contribution in [3.63, 3.8) is 0 Å². The highest BCUT2D eigenvalue weighted by Crippen LogP contribution is 2.29. The van der Waals surface area contributed by atoms with Gasteiger partial charge in [0, 0.05) is 29.9 Å². The molecule has 0 aromatic carbocycles. The molecule has 3 aromatic rings.